The number of carbonyl (C=O) groups excluding carboxylic acids is 4. The molecule has 0 bridgehead atoms. The average Bonchev–Trinajstić information content (AvgIpc) is 2.87. The number of imide groups is 1. The number of rotatable bonds is 2. The van der Waals surface area contributed by atoms with Crippen LogP contribution in [0, 0.1) is 0 Å². The topological polar surface area (TPSA) is 101 Å². The zero-order chi connectivity index (χ0) is 18.7. The van der Waals surface area contributed by atoms with Crippen LogP contribution in [0.5, 0.6) is 0 Å². The number of β-lactam (4-membered cyclic amide) rings is 1. The van der Waals surface area contributed by atoms with E-state index in [-0.39, 0.29) is 22.6 Å². The van der Waals surface area contributed by atoms with Gasteiger partial charge in [-0.25, -0.2) is 4.79 Å². The van der Waals surface area contributed by atoms with E-state index in [1.807, 2.05) is 0 Å². The lowest BCUT2D eigenvalue weighted by Crippen LogP contribution is -2.74. The zero-order valence-electron chi connectivity index (χ0n) is 13.9. The van der Waals surface area contributed by atoms with Crippen LogP contribution in [0.25, 0.3) is 0 Å². The van der Waals surface area contributed by atoms with E-state index in [1.165, 1.54) is 19.2 Å². The summed E-state index contributed by atoms with van der Waals surface area (Å²) < 4.78 is 17.3. The fourth-order valence-corrected chi connectivity index (χ4v) is 5.29. The van der Waals surface area contributed by atoms with E-state index in [0.29, 0.717) is 5.57 Å². The highest BCUT2D eigenvalue weighted by Gasteiger charge is 2.62. The highest BCUT2D eigenvalue weighted by molar-refractivity contribution is 7.86. The molecule has 1 fully saturated rings. The first-order valence-electron chi connectivity index (χ1n) is 7.83. The van der Waals surface area contributed by atoms with Crippen LogP contribution >= 0.6 is 0 Å². The molecule has 0 unspecified atom stereocenters. The van der Waals surface area contributed by atoms with Gasteiger partial charge < -0.3 is 4.74 Å². The molecule has 1 saturated heterocycles. The molecular weight excluding hydrogens is 360 g/mol. The van der Waals surface area contributed by atoms with Crippen LogP contribution in [-0.2, 0) is 25.1 Å². The molecule has 8 nitrogen and oxygen atoms in total. The van der Waals surface area contributed by atoms with Crippen LogP contribution in [0.3, 0.4) is 0 Å². The molecule has 9 heteroatoms. The van der Waals surface area contributed by atoms with Gasteiger partial charge in [-0.3, -0.25) is 28.4 Å². The van der Waals surface area contributed by atoms with Gasteiger partial charge >= 0.3 is 5.97 Å². The SMILES string of the molecule is COC(=O)C1=C(C)C[S@@](=O)[C@@H]2[C@@H](N3C(=O)c4ccccc4C3=O)C(=O)N12. The number of benzene rings is 1. The third-order valence-corrected chi connectivity index (χ3v) is 6.50. The van der Waals surface area contributed by atoms with E-state index in [9.17, 15) is 23.4 Å². The quantitative estimate of drug-likeness (QED) is 0.411. The van der Waals surface area contributed by atoms with Gasteiger partial charge in [-0.1, -0.05) is 12.1 Å². The number of nitrogens with zero attached hydrogens (tertiary/aromatic N) is 2. The van der Waals surface area contributed by atoms with Gasteiger partial charge in [-0.15, -0.1) is 0 Å². The van der Waals surface area contributed by atoms with Gasteiger partial charge in [0.2, 0.25) is 0 Å². The highest BCUT2D eigenvalue weighted by atomic mass is 32.2. The van der Waals surface area contributed by atoms with Crippen LogP contribution in [0.15, 0.2) is 35.5 Å². The van der Waals surface area contributed by atoms with Crippen molar-refractivity contribution in [1.82, 2.24) is 9.80 Å². The minimum absolute atomic E-state index is 0.0370. The lowest BCUT2D eigenvalue weighted by atomic mass is 10.0. The average molecular weight is 374 g/mol. The van der Waals surface area contributed by atoms with Crippen molar-refractivity contribution in [2.24, 2.45) is 0 Å². The molecular formula is C17H14N2O6S. The fourth-order valence-electron chi connectivity index (χ4n) is 3.59. The zero-order valence-corrected chi connectivity index (χ0v) is 14.7. The lowest BCUT2D eigenvalue weighted by molar-refractivity contribution is -0.153. The number of hydrogen-bond acceptors (Lipinski definition) is 6. The van der Waals surface area contributed by atoms with Crippen LogP contribution in [0.2, 0.25) is 0 Å². The normalized spacial score (nSPS) is 27.3. The molecule has 3 amide bonds. The second-order valence-electron chi connectivity index (χ2n) is 6.22. The molecule has 0 saturated carbocycles. The first-order chi connectivity index (χ1) is 12.4. The van der Waals surface area contributed by atoms with E-state index in [4.69, 9.17) is 4.74 Å². The van der Waals surface area contributed by atoms with Gasteiger partial charge in [0.05, 0.1) is 29.0 Å². The molecule has 0 aliphatic carbocycles. The van der Waals surface area contributed by atoms with E-state index in [2.05, 4.69) is 0 Å². The number of amides is 3. The Hall–Kier alpha value is -2.81. The summed E-state index contributed by atoms with van der Waals surface area (Å²) in [5.41, 5.74) is 0.936. The maximum Gasteiger partial charge on any atom is 0.354 e. The molecule has 0 N–H and O–H groups in total. The Balaban J connectivity index is 1.73. The van der Waals surface area contributed by atoms with Crippen molar-refractivity contribution in [2.75, 3.05) is 12.9 Å². The summed E-state index contributed by atoms with van der Waals surface area (Å²) in [6, 6.07) is 5.10. The molecule has 0 radical (unpaired) electrons. The van der Waals surface area contributed by atoms with Gasteiger partial charge in [0, 0.05) is 5.75 Å². The van der Waals surface area contributed by atoms with Gasteiger partial charge in [0.1, 0.15) is 11.1 Å². The molecule has 1 aromatic rings. The van der Waals surface area contributed by atoms with Gasteiger partial charge in [-0.05, 0) is 24.6 Å². The number of carbonyl (C=O) groups is 4. The number of esters is 1. The van der Waals surface area contributed by atoms with Crippen molar-refractivity contribution in [3.8, 4) is 0 Å². The van der Waals surface area contributed by atoms with Crippen LogP contribution in [-0.4, -0.2) is 62.0 Å². The number of ether oxygens (including phenoxy) is 1. The molecule has 1 aromatic carbocycles. The predicted octanol–water partition coefficient (Wildman–Crippen LogP) is 0.0288. The Morgan fingerprint density at radius 1 is 1.12 bits per heavy atom. The maximum atomic E-state index is 12.8. The van der Waals surface area contributed by atoms with Crippen LogP contribution < -0.4 is 0 Å². The van der Waals surface area contributed by atoms with Crippen molar-refractivity contribution in [2.45, 2.75) is 18.3 Å². The Kier molecular flexibility index (Phi) is 3.58. The predicted molar refractivity (Wildman–Crippen MR) is 89.1 cm³/mol. The summed E-state index contributed by atoms with van der Waals surface area (Å²) in [6.07, 6.45) is 0. The number of fused-ring (bicyclic) bond motifs is 2. The molecule has 3 aliphatic heterocycles. The van der Waals surface area contributed by atoms with Crippen molar-refractivity contribution in [3.05, 3.63) is 46.7 Å². The number of methoxy groups -OCH3 is 1. The molecule has 0 spiro atoms. The van der Waals surface area contributed by atoms with E-state index in [0.717, 1.165) is 9.80 Å². The van der Waals surface area contributed by atoms with E-state index < -0.39 is 45.9 Å². The van der Waals surface area contributed by atoms with Gasteiger partial charge in [-0.2, -0.15) is 0 Å². The summed E-state index contributed by atoms with van der Waals surface area (Å²) in [5.74, 6) is -2.44. The first-order valence-corrected chi connectivity index (χ1v) is 9.22. The summed E-state index contributed by atoms with van der Waals surface area (Å²) in [7, 11) is -0.357. The maximum absolute atomic E-state index is 12.8. The molecule has 26 heavy (non-hydrogen) atoms. The van der Waals surface area contributed by atoms with Crippen molar-refractivity contribution < 1.29 is 28.1 Å². The highest BCUT2D eigenvalue weighted by Crippen LogP contribution is 2.40. The minimum Gasteiger partial charge on any atom is -0.464 e. The van der Waals surface area contributed by atoms with Crippen LogP contribution in [0.4, 0.5) is 0 Å². The first kappa shape index (κ1) is 16.6. The molecule has 3 heterocycles. The standard InChI is InChI=1S/C17H14N2O6S/c1-8-7-26(24)16-12(15(22)19(16)11(8)17(23)25-2)18-13(20)9-5-3-4-6-10(9)14(18)21/h3-6,12,16H,7H2,1-2H3/t12-,16+,26+/m0/s1. The Morgan fingerprint density at radius 2 is 1.69 bits per heavy atom. The molecule has 4 rings (SSSR count). The van der Waals surface area contributed by atoms with E-state index >= 15 is 0 Å². The second kappa shape index (κ2) is 5.60. The molecule has 0 aromatic heterocycles. The third-order valence-electron chi connectivity index (χ3n) is 4.77. The molecule has 134 valence electrons. The monoisotopic (exact) mass is 374 g/mol. The Morgan fingerprint density at radius 3 is 2.23 bits per heavy atom. The fraction of sp³-hybridized carbons (Fsp3) is 0.294. The largest absolute Gasteiger partial charge is 0.464 e. The van der Waals surface area contributed by atoms with Crippen LogP contribution in [0.1, 0.15) is 27.6 Å². The summed E-state index contributed by atoms with van der Waals surface area (Å²) in [5, 5.41) is -0.942. The summed E-state index contributed by atoms with van der Waals surface area (Å²) in [6.45, 7) is 1.60. The van der Waals surface area contributed by atoms with Crippen molar-refractivity contribution in [1.29, 1.82) is 0 Å². The Bertz CT molecular complexity index is 917. The Labute approximate surface area is 150 Å². The summed E-state index contributed by atoms with van der Waals surface area (Å²) in [4.78, 5) is 52.0. The second-order valence-corrected chi connectivity index (χ2v) is 7.75. The molecule has 3 aliphatic rings. The van der Waals surface area contributed by atoms with Gasteiger partial charge in [0.25, 0.3) is 17.7 Å². The van der Waals surface area contributed by atoms with Gasteiger partial charge in [0.15, 0.2) is 6.04 Å². The summed E-state index contributed by atoms with van der Waals surface area (Å²) >= 11 is 0. The molecule has 3 atom stereocenters. The van der Waals surface area contributed by atoms with E-state index in [1.54, 1.807) is 19.1 Å². The van der Waals surface area contributed by atoms with Crippen molar-refractivity contribution in [3.63, 3.8) is 0 Å². The third kappa shape index (κ3) is 1.97. The smallest absolute Gasteiger partial charge is 0.354 e. The van der Waals surface area contributed by atoms with Crippen molar-refractivity contribution >= 4 is 34.5 Å². The minimum atomic E-state index is -1.55. The number of hydrogen-bond donors (Lipinski definition) is 0. The lowest BCUT2D eigenvalue weighted by Gasteiger charge is -2.51.